The van der Waals surface area contributed by atoms with E-state index in [1.807, 2.05) is 0 Å². The molecule has 0 aliphatic heterocycles. The van der Waals surface area contributed by atoms with Gasteiger partial charge in [-0.1, -0.05) is 10.9 Å². The molecule has 1 heterocycles. The lowest BCUT2D eigenvalue weighted by Crippen LogP contribution is -2.41. The monoisotopic (exact) mass is 256 g/mol. The Morgan fingerprint density at radius 3 is 2.94 bits per heavy atom. The van der Waals surface area contributed by atoms with Crippen LogP contribution in [0.1, 0.15) is 31.9 Å². The van der Waals surface area contributed by atoms with Crippen LogP contribution in [-0.4, -0.2) is 45.3 Å². The molecule has 2 N–H and O–H groups in total. The van der Waals surface area contributed by atoms with Crippen molar-refractivity contribution in [1.82, 2.24) is 14.5 Å². The van der Waals surface area contributed by atoms with Crippen molar-refractivity contribution in [3.63, 3.8) is 0 Å². The summed E-state index contributed by atoms with van der Waals surface area (Å²) in [6.07, 6.45) is 3.80. The molecule has 1 aliphatic carbocycles. The van der Waals surface area contributed by atoms with Gasteiger partial charge in [0.1, 0.15) is 10.7 Å². The van der Waals surface area contributed by atoms with E-state index in [1.54, 1.807) is 0 Å². The van der Waals surface area contributed by atoms with Crippen LogP contribution in [0.15, 0.2) is 0 Å². The van der Waals surface area contributed by atoms with Crippen LogP contribution in [0, 0.1) is 0 Å². The molecule has 0 radical (unpaired) electrons. The highest BCUT2D eigenvalue weighted by molar-refractivity contribution is 7.10. The van der Waals surface area contributed by atoms with Gasteiger partial charge in [-0.05, 0) is 19.8 Å². The van der Waals surface area contributed by atoms with Gasteiger partial charge in [0.15, 0.2) is 0 Å². The van der Waals surface area contributed by atoms with E-state index in [0.717, 1.165) is 30.3 Å². The third-order valence-electron chi connectivity index (χ3n) is 3.22. The quantitative estimate of drug-likeness (QED) is 0.770. The second-order valence-electron chi connectivity index (χ2n) is 4.36. The molecule has 0 amide bonds. The van der Waals surface area contributed by atoms with Crippen LogP contribution >= 0.6 is 11.5 Å². The number of hydrogen-bond donors (Lipinski definition) is 2. The summed E-state index contributed by atoms with van der Waals surface area (Å²) in [7, 11) is 0. The van der Waals surface area contributed by atoms with Crippen molar-refractivity contribution in [2.75, 3.05) is 25.0 Å². The summed E-state index contributed by atoms with van der Waals surface area (Å²) in [6, 6.07) is 0.623. The first-order valence-electron chi connectivity index (χ1n) is 6.25. The van der Waals surface area contributed by atoms with Gasteiger partial charge in [0.05, 0.1) is 6.61 Å². The van der Waals surface area contributed by atoms with Gasteiger partial charge in [-0.2, -0.15) is 0 Å². The number of aromatic nitrogens is 2. The molecule has 1 aromatic heterocycles. The molecule has 1 aromatic rings. The van der Waals surface area contributed by atoms with Gasteiger partial charge in [-0.25, -0.2) is 0 Å². The Hall–Kier alpha value is -0.720. The number of aliphatic hydroxyl groups is 1. The summed E-state index contributed by atoms with van der Waals surface area (Å²) in [5, 5.41) is 17.6. The van der Waals surface area contributed by atoms with Crippen LogP contribution in [0.3, 0.4) is 0 Å². The second-order valence-corrected chi connectivity index (χ2v) is 5.11. The van der Waals surface area contributed by atoms with E-state index in [9.17, 15) is 0 Å². The molecule has 0 saturated heterocycles. The van der Waals surface area contributed by atoms with E-state index in [2.05, 4.69) is 26.7 Å². The fourth-order valence-electron chi connectivity index (χ4n) is 2.07. The largest absolute Gasteiger partial charge is 0.395 e. The van der Waals surface area contributed by atoms with Crippen molar-refractivity contribution >= 4 is 16.5 Å². The molecular weight excluding hydrogens is 236 g/mol. The molecule has 0 bridgehead atoms. The predicted octanol–water partition coefficient (Wildman–Crippen LogP) is 1.32. The molecule has 5 nitrogen and oxygen atoms in total. The summed E-state index contributed by atoms with van der Waals surface area (Å²) in [5.41, 5.74) is 1.01. The molecule has 0 aromatic carbocycles. The van der Waals surface area contributed by atoms with Crippen LogP contribution in [0.4, 0.5) is 5.00 Å². The minimum Gasteiger partial charge on any atom is -0.395 e. The van der Waals surface area contributed by atoms with Gasteiger partial charge in [-0.3, -0.25) is 4.90 Å². The number of nitrogens with zero attached hydrogens (tertiary/aromatic N) is 3. The van der Waals surface area contributed by atoms with Gasteiger partial charge in [0.2, 0.25) is 0 Å². The Morgan fingerprint density at radius 2 is 2.35 bits per heavy atom. The molecule has 0 spiro atoms. The van der Waals surface area contributed by atoms with Gasteiger partial charge in [0, 0.05) is 37.2 Å². The zero-order valence-corrected chi connectivity index (χ0v) is 11.0. The van der Waals surface area contributed by atoms with Crippen LogP contribution < -0.4 is 5.32 Å². The average Bonchev–Trinajstić information content (AvgIpc) is 2.64. The third-order valence-corrected chi connectivity index (χ3v) is 3.95. The SMILES string of the molecule is CCNc1snnc1CN(CCO)C1CCC1. The molecule has 1 saturated carbocycles. The smallest absolute Gasteiger partial charge is 0.134 e. The minimum atomic E-state index is 0.213. The lowest BCUT2D eigenvalue weighted by atomic mass is 9.91. The highest BCUT2D eigenvalue weighted by atomic mass is 32.1. The maximum absolute atomic E-state index is 9.12. The number of aliphatic hydroxyl groups excluding tert-OH is 1. The van der Waals surface area contributed by atoms with Gasteiger partial charge in [0.25, 0.3) is 0 Å². The molecule has 6 heteroatoms. The summed E-state index contributed by atoms with van der Waals surface area (Å²) >= 11 is 1.41. The van der Waals surface area contributed by atoms with E-state index in [0.29, 0.717) is 6.04 Å². The Balaban J connectivity index is 1.97. The van der Waals surface area contributed by atoms with Crippen LogP contribution in [0.2, 0.25) is 0 Å². The number of nitrogens with one attached hydrogen (secondary N) is 1. The average molecular weight is 256 g/mol. The van der Waals surface area contributed by atoms with Crippen LogP contribution in [0.5, 0.6) is 0 Å². The van der Waals surface area contributed by atoms with E-state index in [-0.39, 0.29) is 6.61 Å². The molecule has 2 rings (SSSR count). The van der Waals surface area contributed by atoms with E-state index in [4.69, 9.17) is 5.11 Å². The van der Waals surface area contributed by atoms with Crippen molar-refractivity contribution in [2.45, 2.75) is 38.8 Å². The van der Waals surface area contributed by atoms with Crippen molar-refractivity contribution in [3.8, 4) is 0 Å². The summed E-state index contributed by atoms with van der Waals surface area (Å²) < 4.78 is 4.00. The number of anilines is 1. The first-order valence-corrected chi connectivity index (χ1v) is 7.02. The first kappa shape index (κ1) is 12.7. The Labute approximate surface area is 106 Å². The highest BCUT2D eigenvalue weighted by Gasteiger charge is 2.25. The minimum absolute atomic E-state index is 0.213. The Bertz CT molecular complexity index is 340. The molecule has 0 unspecified atom stereocenters. The van der Waals surface area contributed by atoms with E-state index in [1.165, 1.54) is 30.8 Å². The summed E-state index contributed by atoms with van der Waals surface area (Å²) in [6.45, 7) is 4.70. The third kappa shape index (κ3) is 3.14. The topological polar surface area (TPSA) is 61.3 Å². The van der Waals surface area contributed by atoms with Crippen molar-refractivity contribution < 1.29 is 5.11 Å². The van der Waals surface area contributed by atoms with Gasteiger partial charge in [-0.15, -0.1) is 5.10 Å². The zero-order chi connectivity index (χ0) is 12.1. The van der Waals surface area contributed by atoms with Gasteiger partial charge >= 0.3 is 0 Å². The Morgan fingerprint density at radius 1 is 1.53 bits per heavy atom. The second kappa shape index (κ2) is 6.28. The molecule has 1 fully saturated rings. The number of hydrogen-bond acceptors (Lipinski definition) is 6. The van der Waals surface area contributed by atoms with E-state index < -0.39 is 0 Å². The van der Waals surface area contributed by atoms with Crippen molar-refractivity contribution in [1.29, 1.82) is 0 Å². The highest BCUT2D eigenvalue weighted by Crippen LogP contribution is 2.27. The summed E-state index contributed by atoms with van der Waals surface area (Å²) in [4.78, 5) is 2.32. The molecule has 96 valence electrons. The van der Waals surface area contributed by atoms with Crippen molar-refractivity contribution in [3.05, 3.63) is 5.69 Å². The summed E-state index contributed by atoms with van der Waals surface area (Å²) in [5.74, 6) is 0. The first-order chi connectivity index (χ1) is 8.35. The zero-order valence-electron chi connectivity index (χ0n) is 10.2. The maximum atomic E-state index is 9.12. The fraction of sp³-hybridized carbons (Fsp3) is 0.818. The van der Waals surface area contributed by atoms with E-state index >= 15 is 0 Å². The van der Waals surface area contributed by atoms with Crippen LogP contribution in [-0.2, 0) is 6.54 Å². The molecule has 0 atom stereocenters. The molecule has 1 aliphatic rings. The Kier molecular flexibility index (Phi) is 4.70. The number of rotatable bonds is 7. The molecular formula is C11H20N4OS. The standard InChI is InChI=1S/C11H20N4OS/c1-2-12-11-10(13-14-17-11)8-15(6-7-16)9-4-3-5-9/h9,12,16H,2-8H2,1H3. The lowest BCUT2D eigenvalue weighted by molar-refractivity contribution is 0.0935. The lowest BCUT2D eigenvalue weighted by Gasteiger charge is -2.36. The fourth-order valence-corrected chi connectivity index (χ4v) is 2.71. The normalized spacial score (nSPS) is 16.2. The van der Waals surface area contributed by atoms with Crippen molar-refractivity contribution in [2.24, 2.45) is 0 Å². The molecule has 17 heavy (non-hydrogen) atoms. The maximum Gasteiger partial charge on any atom is 0.134 e. The van der Waals surface area contributed by atoms with Crippen LogP contribution in [0.25, 0.3) is 0 Å². The van der Waals surface area contributed by atoms with Gasteiger partial charge < -0.3 is 10.4 Å². The predicted molar refractivity (Wildman–Crippen MR) is 69.2 cm³/mol.